The lowest BCUT2D eigenvalue weighted by molar-refractivity contribution is -0.115. The smallest absolute Gasteiger partial charge is 0.269 e. The first-order valence-electron chi connectivity index (χ1n) is 12.9. The van der Waals surface area contributed by atoms with Crippen molar-refractivity contribution in [1.82, 2.24) is 10.6 Å². The number of hydrogen-bond donors (Lipinski definition) is 5. The van der Waals surface area contributed by atoms with Gasteiger partial charge in [-0.05, 0) is 113 Å². The predicted molar refractivity (Wildman–Crippen MR) is 171 cm³/mol. The van der Waals surface area contributed by atoms with Crippen LogP contribution in [-0.4, -0.2) is 78.6 Å². The highest BCUT2D eigenvalue weighted by atomic mass is 79.9. The molecule has 2 atom stereocenters. The number of benzene rings is 1. The Balaban J connectivity index is 1.46. The maximum absolute atomic E-state index is 12.7. The summed E-state index contributed by atoms with van der Waals surface area (Å²) in [5.41, 5.74) is 5.10. The largest absolute Gasteiger partial charge is 0.495 e. The van der Waals surface area contributed by atoms with Gasteiger partial charge in [-0.25, -0.2) is 0 Å². The molecule has 6 N–H and O–H groups in total. The zero-order valence-corrected chi connectivity index (χ0v) is 28.9. The zero-order chi connectivity index (χ0) is 30.9. The van der Waals surface area contributed by atoms with E-state index in [9.17, 15) is 19.9 Å². The van der Waals surface area contributed by atoms with Gasteiger partial charge in [0.25, 0.3) is 11.8 Å². The molecule has 0 aromatic heterocycles. The van der Waals surface area contributed by atoms with E-state index < -0.39 is 23.5 Å². The molecular formula is C26H31Br4N5O7. The molecule has 0 saturated carbocycles. The van der Waals surface area contributed by atoms with Gasteiger partial charge in [0.05, 0.1) is 31.6 Å². The van der Waals surface area contributed by atoms with E-state index in [4.69, 9.17) is 20.0 Å². The van der Waals surface area contributed by atoms with Crippen LogP contribution in [0, 0.1) is 0 Å². The van der Waals surface area contributed by atoms with Crippen molar-refractivity contribution >= 4 is 87.0 Å². The van der Waals surface area contributed by atoms with E-state index in [0.717, 1.165) is 18.4 Å². The molecule has 42 heavy (non-hydrogen) atoms. The maximum Gasteiger partial charge on any atom is 0.269 e. The summed E-state index contributed by atoms with van der Waals surface area (Å²) in [6.07, 6.45) is 2.74. The molecule has 1 aliphatic heterocycles. The summed E-state index contributed by atoms with van der Waals surface area (Å²) in [6, 6.07) is 3.55. The monoisotopic (exact) mass is 841 g/mol. The van der Waals surface area contributed by atoms with Gasteiger partial charge < -0.3 is 41.0 Å². The van der Waals surface area contributed by atoms with Gasteiger partial charge in [0.2, 0.25) is 0 Å². The maximum atomic E-state index is 12.7. The first kappa shape index (κ1) is 34.5. The fourth-order valence-electron chi connectivity index (χ4n) is 4.15. The molecule has 16 heteroatoms. The Hall–Kier alpha value is -1.98. The number of aliphatic hydroxyl groups excluding tert-OH is 1. The van der Waals surface area contributed by atoms with Crippen molar-refractivity contribution < 1.29 is 34.2 Å². The molecule has 1 heterocycles. The average Bonchev–Trinajstić information content (AvgIpc) is 3.38. The minimum Gasteiger partial charge on any atom is -0.495 e. The van der Waals surface area contributed by atoms with E-state index in [1.165, 1.54) is 7.11 Å². The van der Waals surface area contributed by atoms with E-state index in [0.29, 0.717) is 62.1 Å². The Labute approximate surface area is 276 Å². The number of aliphatic hydroxyl groups is 1. The fraction of sp³-hybridized carbons (Fsp3) is 0.462. The summed E-state index contributed by atoms with van der Waals surface area (Å²) in [4.78, 5) is 30.5. The average molecular weight is 845 g/mol. The number of oxime groups is 2. The third kappa shape index (κ3) is 8.56. The van der Waals surface area contributed by atoms with Crippen LogP contribution in [0.15, 0.2) is 52.2 Å². The van der Waals surface area contributed by atoms with Crippen molar-refractivity contribution in [1.29, 1.82) is 0 Å². The highest BCUT2D eigenvalue weighted by Gasteiger charge is 2.50. The zero-order valence-electron chi connectivity index (χ0n) is 22.6. The number of amides is 2. The van der Waals surface area contributed by atoms with Gasteiger partial charge >= 0.3 is 0 Å². The van der Waals surface area contributed by atoms with Gasteiger partial charge in [0.15, 0.2) is 5.60 Å². The van der Waals surface area contributed by atoms with E-state index in [1.54, 1.807) is 18.2 Å². The fourth-order valence-corrected chi connectivity index (χ4v) is 7.45. The second-order valence-corrected chi connectivity index (χ2v) is 12.8. The molecule has 2 unspecified atom stereocenters. The van der Waals surface area contributed by atoms with E-state index in [1.807, 2.05) is 0 Å². The highest BCUT2D eigenvalue weighted by molar-refractivity contribution is 9.12. The Morgan fingerprint density at radius 3 is 2.50 bits per heavy atom. The normalized spacial score (nSPS) is 20.2. The molecule has 3 rings (SSSR count). The second-order valence-electron chi connectivity index (χ2n) is 9.36. The molecule has 1 spiro atoms. The lowest BCUT2D eigenvalue weighted by Crippen LogP contribution is -2.45. The van der Waals surface area contributed by atoms with Crippen LogP contribution in [-0.2, 0) is 25.6 Å². The lowest BCUT2D eigenvalue weighted by atomic mass is 9.87. The molecule has 0 bridgehead atoms. The van der Waals surface area contributed by atoms with Gasteiger partial charge in [-0.3, -0.25) is 9.59 Å². The first-order chi connectivity index (χ1) is 20.1. The third-order valence-corrected chi connectivity index (χ3v) is 8.89. The van der Waals surface area contributed by atoms with E-state index in [2.05, 4.69) is 84.7 Å². The Bertz CT molecular complexity index is 1280. The number of hydrogen-bond acceptors (Lipinski definition) is 10. The molecule has 2 aliphatic rings. The van der Waals surface area contributed by atoms with E-state index in [-0.39, 0.29) is 24.3 Å². The molecule has 0 fully saturated rings. The van der Waals surface area contributed by atoms with E-state index >= 15 is 0 Å². The van der Waals surface area contributed by atoms with Gasteiger partial charge in [0.1, 0.15) is 29.0 Å². The van der Waals surface area contributed by atoms with Crippen LogP contribution in [0.5, 0.6) is 5.75 Å². The molecule has 1 aliphatic carbocycles. The highest BCUT2D eigenvalue weighted by Crippen LogP contribution is 2.44. The molecule has 12 nitrogen and oxygen atoms in total. The summed E-state index contributed by atoms with van der Waals surface area (Å²) >= 11 is 13.7. The number of carbonyl (C=O) groups excluding carboxylic acids is 2. The lowest BCUT2D eigenvalue weighted by Gasteiger charge is -2.33. The van der Waals surface area contributed by atoms with Gasteiger partial charge in [-0.1, -0.05) is 10.3 Å². The van der Waals surface area contributed by atoms with Crippen LogP contribution in [0.3, 0.4) is 0 Å². The molecule has 2 amide bonds. The third-order valence-electron chi connectivity index (χ3n) is 6.33. The van der Waals surface area contributed by atoms with Crippen molar-refractivity contribution in [2.45, 2.75) is 43.8 Å². The molecule has 1 aromatic rings. The molecule has 0 radical (unpaired) electrons. The van der Waals surface area contributed by atoms with Crippen molar-refractivity contribution in [3.05, 3.63) is 47.4 Å². The Morgan fingerprint density at radius 1 is 1.17 bits per heavy atom. The second kappa shape index (κ2) is 16.2. The summed E-state index contributed by atoms with van der Waals surface area (Å²) in [5.74, 6) is 0.131. The summed E-state index contributed by atoms with van der Waals surface area (Å²) < 4.78 is 13.4. The number of nitrogens with two attached hydrogens (primary N) is 1. The standard InChI is InChI=1S/C26H31Br4N5O7/c1-40-22-17(29)12-26(23(36)20(22)30)13-19(35-42-26)25(38)33-7-4-8-41-21-15(27)9-14(10-16(21)28)11-18(34-39)24(37)32-6-3-2-5-31/h9-10,12,23,36,39H,2-8,11,13,31H2,1H3,(H,32,37)(H,33,38). The number of nitrogens with zero attached hydrogens (tertiary/aromatic N) is 2. The quantitative estimate of drug-likeness (QED) is 0.0815. The van der Waals surface area contributed by atoms with Crippen molar-refractivity contribution in [3.63, 3.8) is 0 Å². The van der Waals surface area contributed by atoms with Crippen LogP contribution in [0.1, 0.15) is 31.2 Å². The summed E-state index contributed by atoms with van der Waals surface area (Å²) in [5, 5.41) is 32.7. The predicted octanol–water partition coefficient (Wildman–Crippen LogP) is 3.75. The number of methoxy groups -OCH3 is 1. The van der Waals surface area contributed by atoms with Gasteiger partial charge in [-0.15, -0.1) is 0 Å². The number of ether oxygens (including phenoxy) is 2. The van der Waals surface area contributed by atoms with Crippen LogP contribution < -0.4 is 21.1 Å². The summed E-state index contributed by atoms with van der Waals surface area (Å²) in [7, 11) is 1.48. The molecular weight excluding hydrogens is 814 g/mol. The minimum absolute atomic E-state index is 0.0142. The molecule has 230 valence electrons. The number of carbonyl (C=O) groups is 2. The van der Waals surface area contributed by atoms with Crippen LogP contribution in [0.4, 0.5) is 0 Å². The van der Waals surface area contributed by atoms with Gasteiger partial charge in [-0.2, -0.15) is 0 Å². The summed E-state index contributed by atoms with van der Waals surface area (Å²) in [6.45, 7) is 1.60. The van der Waals surface area contributed by atoms with Crippen LogP contribution in [0.25, 0.3) is 0 Å². The number of rotatable bonds is 14. The van der Waals surface area contributed by atoms with Crippen LogP contribution >= 0.6 is 63.7 Å². The van der Waals surface area contributed by atoms with Crippen LogP contribution in [0.2, 0.25) is 0 Å². The number of unbranched alkanes of at least 4 members (excludes halogenated alkanes) is 1. The van der Waals surface area contributed by atoms with Gasteiger partial charge in [0, 0.05) is 25.9 Å². The molecule has 0 saturated heterocycles. The number of nitrogens with one attached hydrogen (secondary N) is 2. The minimum atomic E-state index is -1.22. The van der Waals surface area contributed by atoms with Crippen molar-refractivity contribution in [2.75, 3.05) is 33.4 Å². The van der Waals surface area contributed by atoms with Crippen molar-refractivity contribution in [2.24, 2.45) is 16.0 Å². The molecule has 1 aromatic carbocycles. The first-order valence-corrected chi connectivity index (χ1v) is 16.1. The Kier molecular flexibility index (Phi) is 13.3. The topological polar surface area (TPSA) is 177 Å². The Morgan fingerprint density at radius 2 is 1.86 bits per heavy atom. The van der Waals surface area contributed by atoms with Crippen molar-refractivity contribution in [3.8, 4) is 5.75 Å². The number of halogens is 4. The number of allylic oxidation sites excluding steroid dienone is 1. The SMILES string of the molecule is COC1=C(Br)C(O)C2(C=C1Br)CC(C(=O)NCCCOc1c(Br)cc(CC(=NO)C(=O)NCCCCN)cc1Br)=NO2.